The quantitative estimate of drug-likeness (QED) is 0.902. The summed E-state index contributed by atoms with van der Waals surface area (Å²) < 4.78 is 32.0. The number of carbonyl (C=O) groups is 1. The van der Waals surface area contributed by atoms with Crippen molar-refractivity contribution >= 4 is 11.7 Å². The molecular formula is C16H23F2N3O2. The summed E-state index contributed by atoms with van der Waals surface area (Å²) in [5.74, 6) is -0.911. The van der Waals surface area contributed by atoms with Crippen LogP contribution >= 0.6 is 0 Å². The van der Waals surface area contributed by atoms with E-state index in [0.29, 0.717) is 32.8 Å². The van der Waals surface area contributed by atoms with Crippen LogP contribution in [0.4, 0.5) is 19.3 Å². The molecule has 0 radical (unpaired) electrons. The molecule has 1 N–H and O–H groups in total. The third-order valence-electron chi connectivity index (χ3n) is 3.94. The normalized spacial score (nSPS) is 16.3. The lowest BCUT2D eigenvalue weighted by atomic mass is 10.2. The molecule has 1 atom stereocenters. The van der Waals surface area contributed by atoms with E-state index in [0.717, 1.165) is 18.6 Å². The summed E-state index contributed by atoms with van der Waals surface area (Å²) in [5.41, 5.74) is 0.249. The largest absolute Gasteiger partial charge is 0.385 e. The standard InChI is InChI=1S/C16H23F2N3O2/c1-12(5-10-23-2)19-16(22)21-8-6-20(7-9-21)15-11-13(17)3-4-14(15)18/h3-4,11-12H,5-10H2,1-2H3,(H,19,22). The van der Waals surface area contributed by atoms with E-state index in [1.165, 1.54) is 6.07 Å². The Balaban J connectivity index is 1.86. The first-order valence-electron chi connectivity index (χ1n) is 7.75. The summed E-state index contributed by atoms with van der Waals surface area (Å²) in [6, 6.07) is 3.32. The smallest absolute Gasteiger partial charge is 0.317 e. The summed E-state index contributed by atoms with van der Waals surface area (Å²) >= 11 is 0. The van der Waals surface area contributed by atoms with Crippen molar-refractivity contribution in [1.29, 1.82) is 0 Å². The fourth-order valence-corrected chi connectivity index (χ4v) is 2.55. The third kappa shape index (κ3) is 4.79. The number of benzene rings is 1. The second-order valence-corrected chi connectivity index (χ2v) is 5.70. The minimum atomic E-state index is -0.464. The Kier molecular flexibility index (Phi) is 6.15. The van der Waals surface area contributed by atoms with Gasteiger partial charge in [0, 0.05) is 52.0 Å². The van der Waals surface area contributed by atoms with Crippen LogP contribution in [0.2, 0.25) is 0 Å². The predicted octanol–water partition coefficient (Wildman–Crippen LogP) is 2.22. The minimum Gasteiger partial charge on any atom is -0.385 e. The first-order chi connectivity index (χ1) is 11.0. The van der Waals surface area contributed by atoms with E-state index in [2.05, 4.69) is 5.32 Å². The summed E-state index contributed by atoms with van der Waals surface area (Å²) in [6.07, 6.45) is 0.747. The number of nitrogens with zero attached hydrogens (tertiary/aromatic N) is 2. The molecule has 1 saturated heterocycles. The number of piperazine rings is 1. The topological polar surface area (TPSA) is 44.8 Å². The summed E-state index contributed by atoms with van der Waals surface area (Å²) in [4.78, 5) is 15.6. The highest BCUT2D eigenvalue weighted by Gasteiger charge is 2.23. The zero-order valence-corrected chi connectivity index (χ0v) is 13.5. The van der Waals surface area contributed by atoms with E-state index in [4.69, 9.17) is 4.74 Å². The lowest BCUT2D eigenvalue weighted by molar-refractivity contribution is 0.173. The molecule has 23 heavy (non-hydrogen) atoms. The number of carbonyl (C=O) groups excluding carboxylic acids is 1. The molecule has 5 nitrogen and oxygen atoms in total. The minimum absolute atomic E-state index is 0.0288. The Morgan fingerprint density at radius 2 is 2.00 bits per heavy atom. The van der Waals surface area contributed by atoms with Gasteiger partial charge in [-0.2, -0.15) is 0 Å². The highest BCUT2D eigenvalue weighted by Crippen LogP contribution is 2.21. The van der Waals surface area contributed by atoms with Gasteiger partial charge in [0.15, 0.2) is 0 Å². The van der Waals surface area contributed by atoms with E-state index in [9.17, 15) is 13.6 Å². The Morgan fingerprint density at radius 3 is 2.65 bits per heavy atom. The highest BCUT2D eigenvalue weighted by atomic mass is 19.1. The molecule has 0 bridgehead atoms. The van der Waals surface area contributed by atoms with Gasteiger partial charge in [0.05, 0.1) is 5.69 Å². The number of ether oxygens (including phenoxy) is 1. The van der Waals surface area contributed by atoms with Gasteiger partial charge >= 0.3 is 6.03 Å². The number of methoxy groups -OCH3 is 1. The lowest BCUT2D eigenvalue weighted by Gasteiger charge is -2.36. The zero-order chi connectivity index (χ0) is 16.8. The molecule has 1 aliphatic heterocycles. The molecule has 1 heterocycles. The summed E-state index contributed by atoms with van der Waals surface area (Å²) in [7, 11) is 1.62. The van der Waals surface area contributed by atoms with Crippen molar-refractivity contribution in [2.24, 2.45) is 0 Å². The maximum Gasteiger partial charge on any atom is 0.317 e. The Bertz CT molecular complexity index is 534. The van der Waals surface area contributed by atoms with Crippen LogP contribution in [0, 0.1) is 11.6 Å². The first kappa shape index (κ1) is 17.5. The summed E-state index contributed by atoms with van der Waals surface area (Å²) in [5, 5.41) is 2.91. The van der Waals surface area contributed by atoms with Crippen molar-refractivity contribution < 1.29 is 18.3 Å². The van der Waals surface area contributed by atoms with E-state index in [1.54, 1.807) is 16.9 Å². The van der Waals surface area contributed by atoms with E-state index < -0.39 is 11.6 Å². The maximum atomic E-state index is 13.8. The molecule has 0 aliphatic carbocycles. The number of hydrogen-bond donors (Lipinski definition) is 1. The molecule has 1 aromatic carbocycles. The van der Waals surface area contributed by atoms with Crippen molar-refractivity contribution in [2.75, 3.05) is 44.8 Å². The number of hydrogen-bond acceptors (Lipinski definition) is 3. The van der Waals surface area contributed by atoms with Gasteiger partial charge in [-0.1, -0.05) is 0 Å². The lowest BCUT2D eigenvalue weighted by Crippen LogP contribution is -2.53. The van der Waals surface area contributed by atoms with Gasteiger partial charge in [0.25, 0.3) is 0 Å². The van der Waals surface area contributed by atoms with Gasteiger partial charge in [-0.15, -0.1) is 0 Å². The average Bonchev–Trinajstić information content (AvgIpc) is 2.55. The zero-order valence-electron chi connectivity index (χ0n) is 13.5. The Morgan fingerprint density at radius 1 is 1.30 bits per heavy atom. The van der Waals surface area contributed by atoms with Crippen LogP contribution in [0.15, 0.2) is 18.2 Å². The molecular weight excluding hydrogens is 304 g/mol. The molecule has 7 heteroatoms. The van der Waals surface area contributed by atoms with Crippen LogP contribution in [0.25, 0.3) is 0 Å². The molecule has 1 fully saturated rings. The van der Waals surface area contributed by atoms with E-state index in [-0.39, 0.29) is 17.8 Å². The molecule has 128 valence electrons. The second-order valence-electron chi connectivity index (χ2n) is 5.70. The first-order valence-corrected chi connectivity index (χ1v) is 7.75. The van der Waals surface area contributed by atoms with Crippen molar-refractivity contribution in [1.82, 2.24) is 10.2 Å². The van der Waals surface area contributed by atoms with Crippen LogP contribution in [0.5, 0.6) is 0 Å². The Labute approximate surface area is 135 Å². The molecule has 0 aromatic heterocycles. The molecule has 1 aliphatic rings. The SMILES string of the molecule is COCCC(C)NC(=O)N1CCN(c2cc(F)ccc2F)CC1. The van der Waals surface area contributed by atoms with E-state index >= 15 is 0 Å². The van der Waals surface area contributed by atoms with Crippen LogP contribution in [-0.4, -0.2) is 56.9 Å². The number of rotatable bonds is 5. The number of amides is 2. The molecule has 0 spiro atoms. The third-order valence-corrected chi connectivity index (χ3v) is 3.94. The second kappa shape index (κ2) is 8.10. The highest BCUT2D eigenvalue weighted by molar-refractivity contribution is 5.74. The van der Waals surface area contributed by atoms with Crippen molar-refractivity contribution in [3.8, 4) is 0 Å². The molecule has 1 aromatic rings. The monoisotopic (exact) mass is 327 g/mol. The van der Waals surface area contributed by atoms with Gasteiger partial charge in [0.2, 0.25) is 0 Å². The van der Waals surface area contributed by atoms with Crippen LogP contribution in [0.1, 0.15) is 13.3 Å². The average molecular weight is 327 g/mol. The van der Waals surface area contributed by atoms with Gasteiger partial charge in [-0.25, -0.2) is 13.6 Å². The fraction of sp³-hybridized carbons (Fsp3) is 0.562. The number of halogens is 2. The van der Waals surface area contributed by atoms with Crippen LogP contribution in [0.3, 0.4) is 0 Å². The molecule has 2 amide bonds. The summed E-state index contributed by atoms with van der Waals surface area (Å²) in [6.45, 7) is 4.40. The molecule has 2 rings (SSSR count). The number of urea groups is 1. The van der Waals surface area contributed by atoms with E-state index in [1.807, 2.05) is 6.92 Å². The van der Waals surface area contributed by atoms with Crippen molar-refractivity contribution in [3.63, 3.8) is 0 Å². The van der Waals surface area contributed by atoms with Crippen molar-refractivity contribution in [3.05, 3.63) is 29.8 Å². The number of anilines is 1. The van der Waals surface area contributed by atoms with Crippen LogP contribution < -0.4 is 10.2 Å². The van der Waals surface area contributed by atoms with Crippen molar-refractivity contribution in [2.45, 2.75) is 19.4 Å². The fourth-order valence-electron chi connectivity index (χ4n) is 2.55. The Hall–Kier alpha value is -1.89. The predicted molar refractivity (Wildman–Crippen MR) is 84.6 cm³/mol. The van der Waals surface area contributed by atoms with Crippen LogP contribution in [-0.2, 0) is 4.74 Å². The van der Waals surface area contributed by atoms with Gasteiger partial charge < -0.3 is 19.9 Å². The molecule has 0 saturated carbocycles. The van der Waals surface area contributed by atoms with Gasteiger partial charge in [0.1, 0.15) is 11.6 Å². The number of nitrogens with one attached hydrogen (secondary N) is 1. The molecule has 1 unspecified atom stereocenters. The van der Waals surface area contributed by atoms with Gasteiger partial charge in [-0.05, 0) is 25.5 Å². The van der Waals surface area contributed by atoms with Gasteiger partial charge in [-0.3, -0.25) is 0 Å². The maximum absolute atomic E-state index is 13.8.